The molecule has 3 aromatic rings. The van der Waals surface area contributed by atoms with Gasteiger partial charge in [0.25, 0.3) is 0 Å². The minimum atomic E-state index is 0.136. The van der Waals surface area contributed by atoms with Crippen molar-refractivity contribution in [1.82, 2.24) is 15.3 Å². The molecule has 0 aliphatic heterocycles. The van der Waals surface area contributed by atoms with Gasteiger partial charge in [0.05, 0.1) is 24.2 Å². The van der Waals surface area contributed by atoms with Crippen LogP contribution < -0.4 is 10.1 Å². The Morgan fingerprint density at radius 3 is 2.42 bits per heavy atom. The van der Waals surface area contributed by atoms with Gasteiger partial charge in [-0.3, -0.25) is 0 Å². The predicted molar refractivity (Wildman–Crippen MR) is 98.2 cm³/mol. The lowest BCUT2D eigenvalue weighted by Gasteiger charge is -2.26. The maximum Gasteiger partial charge on any atom is 0.124 e. The second-order valence-corrected chi connectivity index (χ2v) is 6.49. The molecule has 126 valence electrons. The molecule has 2 atom stereocenters. The van der Waals surface area contributed by atoms with Crippen LogP contribution in [-0.2, 0) is 0 Å². The maximum absolute atomic E-state index is 5.50. The third kappa shape index (κ3) is 3.29. The van der Waals surface area contributed by atoms with Gasteiger partial charge in [-0.05, 0) is 31.0 Å². The molecule has 1 aromatic heterocycles. The van der Waals surface area contributed by atoms with Gasteiger partial charge in [0.1, 0.15) is 11.6 Å². The van der Waals surface area contributed by atoms with Crippen LogP contribution in [0.1, 0.15) is 44.2 Å². The first-order valence-corrected chi connectivity index (χ1v) is 8.43. The van der Waals surface area contributed by atoms with Crippen molar-refractivity contribution in [2.75, 3.05) is 7.11 Å². The Morgan fingerprint density at radius 1 is 1.00 bits per heavy atom. The summed E-state index contributed by atoms with van der Waals surface area (Å²) in [5.41, 5.74) is 3.23. The van der Waals surface area contributed by atoms with E-state index in [0.29, 0.717) is 5.92 Å². The highest BCUT2D eigenvalue weighted by atomic mass is 16.5. The Morgan fingerprint density at radius 2 is 1.71 bits per heavy atom. The van der Waals surface area contributed by atoms with Gasteiger partial charge >= 0.3 is 0 Å². The van der Waals surface area contributed by atoms with E-state index in [1.54, 1.807) is 7.11 Å². The zero-order valence-electron chi connectivity index (χ0n) is 14.7. The molecule has 4 heteroatoms. The van der Waals surface area contributed by atoms with Crippen molar-refractivity contribution >= 4 is 11.0 Å². The second kappa shape index (κ2) is 7.05. The highest BCUT2D eigenvalue weighted by Gasteiger charge is 2.23. The number of aromatic nitrogens is 2. The average Bonchev–Trinajstić information content (AvgIpc) is 3.02. The molecular formula is C20H25N3O. The molecular weight excluding hydrogens is 298 g/mol. The Hall–Kier alpha value is -2.33. The van der Waals surface area contributed by atoms with E-state index in [1.165, 1.54) is 0 Å². The molecule has 0 saturated carbocycles. The van der Waals surface area contributed by atoms with E-state index in [4.69, 9.17) is 9.72 Å². The molecule has 24 heavy (non-hydrogen) atoms. The van der Waals surface area contributed by atoms with E-state index in [1.807, 2.05) is 36.4 Å². The topological polar surface area (TPSA) is 49.9 Å². The molecule has 1 heterocycles. The van der Waals surface area contributed by atoms with Crippen molar-refractivity contribution in [3.63, 3.8) is 0 Å². The molecule has 0 aliphatic carbocycles. The molecule has 4 nitrogen and oxygen atoms in total. The Labute approximate surface area is 143 Å². The fourth-order valence-electron chi connectivity index (χ4n) is 3.09. The normalized spacial score (nSPS) is 14.0. The van der Waals surface area contributed by atoms with Gasteiger partial charge in [-0.25, -0.2) is 4.98 Å². The number of para-hydroxylation sites is 3. The van der Waals surface area contributed by atoms with Crippen molar-refractivity contribution in [3.8, 4) is 5.75 Å². The van der Waals surface area contributed by atoms with Gasteiger partial charge in [-0.1, -0.05) is 44.2 Å². The van der Waals surface area contributed by atoms with E-state index in [0.717, 1.165) is 28.2 Å². The van der Waals surface area contributed by atoms with Gasteiger partial charge in [-0.15, -0.1) is 0 Å². The van der Waals surface area contributed by atoms with Crippen molar-refractivity contribution in [2.24, 2.45) is 5.92 Å². The summed E-state index contributed by atoms with van der Waals surface area (Å²) in [5, 5.41) is 3.71. The molecule has 2 aromatic carbocycles. The fourth-order valence-corrected chi connectivity index (χ4v) is 3.09. The van der Waals surface area contributed by atoms with E-state index >= 15 is 0 Å². The van der Waals surface area contributed by atoms with E-state index in [9.17, 15) is 0 Å². The molecule has 0 saturated heterocycles. The summed E-state index contributed by atoms with van der Waals surface area (Å²) in [6, 6.07) is 16.6. The van der Waals surface area contributed by atoms with E-state index < -0.39 is 0 Å². The summed E-state index contributed by atoms with van der Waals surface area (Å²) in [5.74, 6) is 2.29. The van der Waals surface area contributed by atoms with Crippen LogP contribution in [0.2, 0.25) is 0 Å². The van der Waals surface area contributed by atoms with Crippen LogP contribution in [0, 0.1) is 5.92 Å². The predicted octanol–water partition coefficient (Wildman–Crippen LogP) is 4.62. The van der Waals surface area contributed by atoms with Crippen LogP contribution in [0.4, 0.5) is 0 Å². The maximum atomic E-state index is 5.50. The molecule has 0 spiro atoms. The van der Waals surface area contributed by atoms with Gasteiger partial charge in [-0.2, -0.15) is 0 Å². The molecule has 2 N–H and O–H groups in total. The van der Waals surface area contributed by atoms with E-state index in [2.05, 4.69) is 43.2 Å². The van der Waals surface area contributed by atoms with Crippen LogP contribution in [-0.4, -0.2) is 17.1 Å². The summed E-state index contributed by atoms with van der Waals surface area (Å²) in [6.45, 7) is 6.58. The number of benzene rings is 2. The number of nitrogens with zero attached hydrogens (tertiary/aromatic N) is 1. The third-order valence-electron chi connectivity index (χ3n) is 4.40. The number of ether oxygens (including phenoxy) is 1. The molecule has 0 bridgehead atoms. The Kier molecular flexibility index (Phi) is 4.86. The third-order valence-corrected chi connectivity index (χ3v) is 4.40. The Bertz CT molecular complexity index is 776. The number of H-pyrrole nitrogens is 1. The minimum Gasteiger partial charge on any atom is -0.496 e. The first kappa shape index (κ1) is 16.5. The monoisotopic (exact) mass is 323 g/mol. The van der Waals surface area contributed by atoms with Crippen molar-refractivity contribution in [2.45, 2.75) is 32.9 Å². The summed E-state index contributed by atoms with van der Waals surface area (Å²) in [6.07, 6.45) is 0. The SMILES string of the molecule is COc1ccccc1[C@H](C)N[C@H](c1nc2ccccc2[nH]1)C(C)C. The van der Waals surface area contributed by atoms with Crippen LogP contribution in [0.5, 0.6) is 5.75 Å². The molecule has 0 amide bonds. The lowest BCUT2D eigenvalue weighted by molar-refractivity contribution is 0.350. The lowest BCUT2D eigenvalue weighted by atomic mass is 10.00. The van der Waals surface area contributed by atoms with Gasteiger partial charge in [0, 0.05) is 11.6 Å². The van der Waals surface area contributed by atoms with Crippen LogP contribution in [0.15, 0.2) is 48.5 Å². The van der Waals surface area contributed by atoms with Gasteiger partial charge in [0.15, 0.2) is 0 Å². The fraction of sp³-hybridized carbons (Fsp3) is 0.350. The van der Waals surface area contributed by atoms with E-state index in [-0.39, 0.29) is 12.1 Å². The van der Waals surface area contributed by atoms with Crippen molar-refractivity contribution in [3.05, 3.63) is 59.9 Å². The quantitative estimate of drug-likeness (QED) is 0.696. The zero-order valence-corrected chi connectivity index (χ0v) is 14.7. The number of rotatable bonds is 6. The first-order valence-electron chi connectivity index (χ1n) is 8.43. The summed E-state index contributed by atoms with van der Waals surface area (Å²) in [7, 11) is 1.71. The number of nitrogens with one attached hydrogen (secondary N) is 2. The van der Waals surface area contributed by atoms with Crippen molar-refractivity contribution < 1.29 is 4.74 Å². The lowest BCUT2D eigenvalue weighted by Crippen LogP contribution is -2.29. The van der Waals surface area contributed by atoms with Crippen LogP contribution >= 0.6 is 0 Å². The number of aromatic amines is 1. The number of fused-ring (bicyclic) bond motifs is 1. The number of hydrogen-bond acceptors (Lipinski definition) is 3. The average molecular weight is 323 g/mol. The highest BCUT2D eigenvalue weighted by Crippen LogP contribution is 2.29. The number of imidazole rings is 1. The molecule has 0 unspecified atom stereocenters. The standard InChI is InChI=1S/C20H25N3O/c1-13(2)19(20-22-16-10-6-7-11-17(16)23-20)21-14(3)15-9-5-8-12-18(15)24-4/h5-14,19,21H,1-4H3,(H,22,23)/t14-,19-/m0/s1. The molecule has 0 aliphatic rings. The van der Waals surface area contributed by atoms with Crippen molar-refractivity contribution in [1.29, 1.82) is 0 Å². The van der Waals surface area contributed by atoms with Crippen LogP contribution in [0.3, 0.4) is 0 Å². The molecule has 0 fully saturated rings. The largest absolute Gasteiger partial charge is 0.496 e. The second-order valence-electron chi connectivity index (χ2n) is 6.49. The highest BCUT2D eigenvalue weighted by molar-refractivity contribution is 5.74. The number of hydrogen-bond donors (Lipinski definition) is 2. The first-order chi connectivity index (χ1) is 11.6. The smallest absolute Gasteiger partial charge is 0.124 e. The minimum absolute atomic E-state index is 0.136. The van der Waals surface area contributed by atoms with Crippen LogP contribution in [0.25, 0.3) is 11.0 Å². The summed E-state index contributed by atoms with van der Waals surface area (Å²) in [4.78, 5) is 8.23. The van der Waals surface area contributed by atoms with Gasteiger partial charge < -0.3 is 15.0 Å². The summed E-state index contributed by atoms with van der Waals surface area (Å²) >= 11 is 0. The molecule has 0 radical (unpaired) electrons. The summed E-state index contributed by atoms with van der Waals surface area (Å²) < 4.78 is 5.50. The number of methoxy groups -OCH3 is 1. The van der Waals surface area contributed by atoms with Gasteiger partial charge in [0.2, 0.25) is 0 Å². The molecule has 3 rings (SSSR count). The Balaban J connectivity index is 1.88. The zero-order chi connectivity index (χ0) is 17.1.